The van der Waals surface area contributed by atoms with Gasteiger partial charge in [-0.3, -0.25) is 0 Å². The lowest BCUT2D eigenvalue weighted by Crippen LogP contribution is -2.41. The zero-order valence-electron chi connectivity index (χ0n) is 13.1. The van der Waals surface area contributed by atoms with Crippen LogP contribution in [0.3, 0.4) is 0 Å². The van der Waals surface area contributed by atoms with Gasteiger partial charge in [-0.15, -0.1) is 0 Å². The van der Waals surface area contributed by atoms with E-state index in [4.69, 9.17) is 9.47 Å². The molecule has 1 atom stereocenters. The Hall–Kier alpha value is -1.06. The number of ether oxygens (including phenoxy) is 2. The van der Waals surface area contributed by atoms with Crippen molar-refractivity contribution in [1.29, 1.82) is 0 Å². The van der Waals surface area contributed by atoms with Gasteiger partial charge in [-0.2, -0.15) is 0 Å². The lowest BCUT2D eigenvalue weighted by atomic mass is 9.91. The smallest absolute Gasteiger partial charge is 0.119 e. The second kappa shape index (κ2) is 6.59. The largest absolute Gasteiger partial charge is 0.490 e. The molecule has 0 radical (unpaired) electrons. The molecule has 0 heterocycles. The van der Waals surface area contributed by atoms with Gasteiger partial charge in [-0.1, -0.05) is 19.1 Å². The SMILES string of the molecule is CCNC(c1ccc(OC2CC2)cc1)C(C)(C)OCC. The molecule has 1 aliphatic carbocycles. The van der Waals surface area contributed by atoms with Gasteiger partial charge in [-0.05, 0) is 57.9 Å². The Morgan fingerprint density at radius 1 is 1.20 bits per heavy atom. The van der Waals surface area contributed by atoms with Crippen molar-refractivity contribution in [3.05, 3.63) is 29.8 Å². The van der Waals surface area contributed by atoms with Crippen LogP contribution in [0.2, 0.25) is 0 Å². The molecule has 0 spiro atoms. The van der Waals surface area contributed by atoms with E-state index >= 15 is 0 Å². The molecule has 1 aromatic rings. The quantitative estimate of drug-likeness (QED) is 0.786. The van der Waals surface area contributed by atoms with E-state index in [1.54, 1.807) is 0 Å². The van der Waals surface area contributed by atoms with Gasteiger partial charge in [0.05, 0.1) is 17.7 Å². The van der Waals surface area contributed by atoms with Gasteiger partial charge in [0.2, 0.25) is 0 Å². The second-order valence-corrected chi connectivity index (χ2v) is 5.91. The van der Waals surface area contributed by atoms with Gasteiger partial charge in [0.1, 0.15) is 5.75 Å². The number of likely N-dealkylation sites (N-methyl/N-ethyl adjacent to an activating group) is 1. The fourth-order valence-electron chi connectivity index (χ4n) is 2.54. The molecule has 20 heavy (non-hydrogen) atoms. The highest BCUT2D eigenvalue weighted by Gasteiger charge is 2.31. The van der Waals surface area contributed by atoms with Crippen molar-refractivity contribution in [2.45, 2.75) is 58.3 Å². The zero-order chi connectivity index (χ0) is 14.6. The summed E-state index contributed by atoms with van der Waals surface area (Å²) in [5.74, 6) is 0.973. The third kappa shape index (κ3) is 3.97. The molecule has 1 aromatic carbocycles. The van der Waals surface area contributed by atoms with Gasteiger partial charge >= 0.3 is 0 Å². The summed E-state index contributed by atoms with van der Waals surface area (Å²) in [4.78, 5) is 0. The average Bonchev–Trinajstić information content (AvgIpc) is 3.21. The summed E-state index contributed by atoms with van der Waals surface area (Å²) in [6.45, 7) is 10.1. The van der Waals surface area contributed by atoms with Gasteiger partial charge in [-0.25, -0.2) is 0 Å². The minimum absolute atomic E-state index is 0.183. The number of hydrogen-bond donors (Lipinski definition) is 1. The van der Waals surface area contributed by atoms with E-state index in [0.29, 0.717) is 6.10 Å². The fourth-order valence-corrected chi connectivity index (χ4v) is 2.54. The van der Waals surface area contributed by atoms with Crippen LogP contribution in [-0.2, 0) is 4.74 Å². The van der Waals surface area contributed by atoms with Gasteiger partial charge in [0.15, 0.2) is 0 Å². The molecule has 0 amide bonds. The lowest BCUT2D eigenvalue weighted by Gasteiger charge is -2.35. The van der Waals surface area contributed by atoms with Gasteiger partial charge in [0.25, 0.3) is 0 Å². The molecular weight excluding hydrogens is 250 g/mol. The third-order valence-corrected chi connectivity index (χ3v) is 3.66. The van der Waals surface area contributed by atoms with E-state index in [-0.39, 0.29) is 11.6 Å². The first kappa shape index (κ1) is 15.3. The Bertz CT molecular complexity index is 410. The first-order valence-electron chi connectivity index (χ1n) is 7.70. The van der Waals surface area contributed by atoms with Crippen molar-refractivity contribution in [2.24, 2.45) is 0 Å². The molecule has 0 saturated heterocycles. The first-order valence-corrected chi connectivity index (χ1v) is 7.70. The van der Waals surface area contributed by atoms with Crippen LogP contribution in [0.15, 0.2) is 24.3 Å². The Kier molecular flexibility index (Phi) is 5.06. The van der Waals surface area contributed by atoms with E-state index in [1.807, 2.05) is 6.92 Å². The van der Waals surface area contributed by atoms with E-state index in [1.165, 1.54) is 18.4 Å². The molecule has 1 fully saturated rings. The molecule has 0 aliphatic heterocycles. The molecular formula is C17H27NO2. The van der Waals surface area contributed by atoms with Crippen molar-refractivity contribution >= 4 is 0 Å². The maximum Gasteiger partial charge on any atom is 0.119 e. The van der Waals surface area contributed by atoms with Gasteiger partial charge < -0.3 is 14.8 Å². The van der Waals surface area contributed by atoms with Crippen molar-refractivity contribution in [3.8, 4) is 5.75 Å². The van der Waals surface area contributed by atoms with E-state index in [2.05, 4.69) is 50.4 Å². The van der Waals surface area contributed by atoms with Crippen LogP contribution in [-0.4, -0.2) is 24.9 Å². The Balaban J connectivity index is 2.11. The normalized spacial score (nSPS) is 17.0. The Morgan fingerprint density at radius 3 is 2.35 bits per heavy atom. The standard InChI is InChI=1S/C17H27NO2/c1-5-18-16(17(3,4)19-6-2)13-7-9-14(10-8-13)20-15-11-12-15/h7-10,15-16,18H,5-6,11-12H2,1-4H3. The predicted octanol–water partition coefficient (Wildman–Crippen LogP) is 3.69. The van der Waals surface area contributed by atoms with Crippen molar-refractivity contribution in [3.63, 3.8) is 0 Å². The Morgan fingerprint density at radius 2 is 1.85 bits per heavy atom. The summed E-state index contributed by atoms with van der Waals surface area (Å²) in [5.41, 5.74) is 1.01. The number of benzene rings is 1. The van der Waals surface area contributed by atoms with Gasteiger partial charge in [0, 0.05) is 6.61 Å². The molecule has 0 aromatic heterocycles. The molecule has 1 saturated carbocycles. The zero-order valence-corrected chi connectivity index (χ0v) is 13.1. The third-order valence-electron chi connectivity index (χ3n) is 3.66. The van der Waals surface area contributed by atoms with Crippen molar-refractivity contribution < 1.29 is 9.47 Å². The summed E-state index contributed by atoms with van der Waals surface area (Å²) in [7, 11) is 0. The predicted molar refractivity (Wildman–Crippen MR) is 82.2 cm³/mol. The average molecular weight is 277 g/mol. The monoisotopic (exact) mass is 277 g/mol. The van der Waals surface area contributed by atoms with E-state index < -0.39 is 0 Å². The Labute approximate surface area is 122 Å². The van der Waals surface area contributed by atoms with Crippen LogP contribution in [0, 0.1) is 0 Å². The van der Waals surface area contributed by atoms with Crippen LogP contribution < -0.4 is 10.1 Å². The summed E-state index contributed by atoms with van der Waals surface area (Å²) < 4.78 is 11.7. The van der Waals surface area contributed by atoms with Crippen LogP contribution in [0.5, 0.6) is 5.75 Å². The highest BCUT2D eigenvalue weighted by Crippen LogP contribution is 2.31. The minimum atomic E-state index is -0.233. The maximum atomic E-state index is 5.91. The summed E-state index contributed by atoms with van der Waals surface area (Å²) >= 11 is 0. The summed E-state index contributed by atoms with van der Waals surface area (Å²) in [5, 5.41) is 3.53. The maximum absolute atomic E-state index is 5.91. The molecule has 2 rings (SSSR count). The highest BCUT2D eigenvalue weighted by molar-refractivity contribution is 5.31. The van der Waals surface area contributed by atoms with Crippen molar-refractivity contribution in [1.82, 2.24) is 5.32 Å². The van der Waals surface area contributed by atoms with Crippen LogP contribution in [0.4, 0.5) is 0 Å². The topological polar surface area (TPSA) is 30.5 Å². The van der Waals surface area contributed by atoms with E-state index in [0.717, 1.165) is 18.9 Å². The minimum Gasteiger partial charge on any atom is -0.490 e. The number of nitrogens with one attached hydrogen (secondary N) is 1. The lowest BCUT2D eigenvalue weighted by molar-refractivity contribution is -0.0388. The number of hydrogen-bond acceptors (Lipinski definition) is 3. The molecule has 0 bridgehead atoms. The second-order valence-electron chi connectivity index (χ2n) is 5.91. The molecule has 1 N–H and O–H groups in total. The van der Waals surface area contributed by atoms with Crippen LogP contribution in [0.25, 0.3) is 0 Å². The number of rotatable bonds is 8. The molecule has 1 aliphatic rings. The molecule has 3 heteroatoms. The molecule has 1 unspecified atom stereocenters. The first-order chi connectivity index (χ1) is 9.56. The van der Waals surface area contributed by atoms with Crippen LogP contribution in [0.1, 0.15) is 52.1 Å². The molecule has 3 nitrogen and oxygen atoms in total. The van der Waals surface area contributed by atoms with Crippen molar-refractivity contribution in [2.75, 3.05) is 13.2 Å². The fraction of sp³-hybridized carbons (Fsp3) is 0.647. The highest BCUT2D eigenvalue weighted by atomic mass is 16.5. The van der Waals surface area contributed by atoms with Crippen LogP contribution >= 0.6 is 0 Å². The molecule has 112 valence electrons. The van der Waals surface area contributed by atoms with E-state index in [9.17, 15) is 0 Å². The summed E-state index contributed by atoms with van der Waals surface area (Å²) in [6.07, 6.45) is 2.84. The summed E-state index contributed by atoms with van der Waals surface area (Å²) in [6, 6.07) is 8.61.